The van der Waals surface area contributed by atoms with Gasteiger partial charge in [-0.15, -0.1) is 0 Å². The van der Waals surface area contributed by atoms with E-state index in [1.807, 2.05) is 19.1 Å². The Morgan fingerprint density at radius 3 is 2.35 bits per heavy atom. The van der Waals surface area contributed by atoms with Crippen LogP contribution in [0.1, 0.15) is 22.8 Å². The third-order valence-corrected chi connectivity index (χ3v) is 5.14. The van der Waals surface area contributed by atoms with Gasteiger partial charge in [0.2, 0.25) is 5.91 Å². The lowest BCUT2D eigenvalue weighted by Gasteiger charge is -2.07. The van der Waals surface area contributed by atoms with Crippen LogP contribution in [0.2, 0.25) is 0 Å². The van der Waals surface area contributed by atoms with Gasteiger partial charge in [-0.3, -0.25) is 9.59 Å². The van der Waals surface area contributed by atoms with Crippen LogP contribution in [-0.4, -0.2) is 38.7 Å². The van der Waals surface area contributed by atoms with Crippen LogP contribution in [0, 0.1) is 0 Å². The maximum absolute atomic E-state index is 12.2. The maximum Gasteiger partial charge on any atom is 0.239 e. The predicted octanol–water partition coefficient (Wildman–Crippen LogP) is 2.49. The lowest BCUT2D eigenvalue weighted by molar-refractivity contribution is -0.113. The van der Waals surface area contributed by atoms with Crippen molar-refractivity contribution in [3.8, 4) is 5.75 Å². The van der Waals surface area contributed by atoms with Crippen molar-refractivity contribution in [2.45, 2.75) is 13.3 Å². The number of anilines is 1. The minimum atomic E-state index is -3.88. The van der Waals surface area contributed by atoms with Gasteiger partial charge in [0.15, 0.2) is 15.6 Å². The molecule has 7 heteroatoms. The zero-order valence-corrected chi connectivity index (χ0v) is 15.5. The topological polar surface area (TPSA) is 89.5 Å². The molecule has 26 heavy (non-hydrogen) atoms. The van der Waals surface area contributed by atoms with Crippen LogP contribution in [-0.2, 0) is 21.1 Å². The number of hydrogen-bond donors (Lipinski definition) is 1. The summed E-state index contributed by atoms with van der Waals surface area (Å²) >= 11 is 0. The number of carbonyl (C=O) groups is 2. The molecule has 0 fully saturated rings. The Kier molecular flexibility index (Phi) is 6.52. The van der Waals surface area contributed by atoms with Gasteiger partial charge in [0, 0.05) is 11.3 Å². The SMILES string of the molecule is CCc1ccc(NC(=O)CS(=O)(=O)CC(=O)c2cccc(OC)c2)cc1. The van der Waals surface area contributed by atoms with Crippen LogP contribution in [0.4, 0.5) is 5.69 Å². The quantitative estimate of drug-likeness (QED) is 0.716. The number of rotatable bonds is 8. The predicted molar refractivity (Wildman–Crippen MR) is 100 cm³/mol. The zero-order chi connectivity index (χ0) is 19.2. The van der Waals surface area contributed by atoms with Gasteiger partial charge in [-0.25, -0.2) is 8.42 Å². The largest absolute Gasteiger partial charge is 0.497 e. The first-order valence-electron chi connectivity index (χ1n) is 8.09. The highest BCUT2D eigenvalue weighted by molar-refractivity contribution is 7.92. The van der Waals surface area contributed by atoms with Crippen molar-refractivity contribution in [3.63, 3.8) is 0 Å². The lowest BCUT2D eigenvalue weighted by atomic mass is 10.1. The minimum Gasteiger partial charge on any atom is -0.497 e. The Bertz CT molecular complexity index is 888. The molecule has 6 nitrogen and oxygen atoms in total. The molecule has 0 aliphatic rings. The van der Waals surface area contributed by atoms with Crippen molar-refractivity contribution in [1.29, 1.82) is 0 Å². The molecule has 2 aromatic carbocycles. The van der Waals surface area contributed by atoms with E-state index >= 15 is 0 Å². The molecular formula is C19H21NO5S. The summed E-state index contributed by atoms with van der Waals surface area (Å²) in [6.45, 7) is 2.01. The molecule has 0 radical (unpaired) electrons. The Hall–Kier alpha value is -2.67. The molecule has 0 saturated carbocycles. The average Bonchev–Trinajstić information content (AvgIpc) is 2.61. The average molecular weight is 375 g/mol. The molecule has 0 spiro atoms. The fourth-order valence-corrected chi connectivity index (χ4v) is 3.49. The van der Waals surface area contributed by atoms with E-state index in [0.717, 1.165) is 12.0 Å². The standard InChI is InChI=1S/C19H21NO5S/c1-3-14-7-9-16(10-8-14)20-19(22)13-26(23,24)12-18(21)15-5-4-6-17(11-15)25-2/h4-11H,3,12-13H2,1-2H3,(H,20,22). The second kappa shape index (κ2) is 8.62. The Balaban J connectivity index is 1.98. The smallest absolute Gasteiger partial charge is 0.239 e. The first kappa shape index (κ1) is 19.7. The molecular weight excluding hydrogens is 354 g/mol. The molecule has 0 heterocycles. The number of carbonyl (C=O) groups excluding carboxylic acids is 2. The van der Waals surface area contributed by atoms with Gasteiger partial charge in [-0.2, -0.15) is 0 Å². The first-order valence-corrected chi connectivity index (χ1v) is 9.91. The normalized spacial score (nSPS) is 11.0. The molecule has 138 valence electrons. The third-order valence-electron chi connectivity index (χ3n) is 3.74. The number of nitrogens with one attached hydrogen (secondary N) is 1. The summed E-state index contributed by atoms with van der Waals surface area (Å²) in [7, 11) is -2.43. The molecule has 1 N–H and O–H groups in total. The van der Waals surface area contributed by atoms with E-state index in [1.54, 1.807) is 24.3 Å². The van der Waals surface area contributed by atoms with E-state index in [2.05, 4.69) is 5.32 Å². The number of sulfone groups is 1. The number of Topliss-reactive ketones (excluding diaryl/α,β-unsaturated/α-hetero) is 1. The first-order chi connectivity index (χ1) is 12.3. The molecule has 2 aromatic rings. The van der Waals surface area contributed by atoms with Crippen molar-refractivity contribution < 1.29 is 22.7 Å². The van der Waals surface area contributed by atoms with Crippen LogP contribution in [0.3, 0.4) is 0 Å². The summed E-state index contributed by atoms with van der Waals surface area (Å²) in [5.41, 5.74) is 1.85. The van der Waals surface area contributed by atoms with Gasteiger partial charge < -0.3 is 10.1 Å². The Morgan fingerprint density at radius 2 is 1.73 bits per heavy atom. The van der Waals surface area contributed by atoms with Gasteiger partial charge in [0.1, 0.15) is 17.3 Å². The minimum absolute atomic E-state index is 0.225. The highest BCUT2D eigenvalue weighted by atomic mass is 32.2. The number of aryl methyl sites for hydroxylation is 1. The van der Waals surface area contributed by atoms with E-state index in [1.165, 1.54) is 19.2 Å². The molecule has 1 amide bonds. The molecule has 0 aliphatic carbocycles. The third kappa shape index (κ3) is 5.70. The van der Waals surface area contributed by atoms with Gasteiger partial charge in [0.05, 0.1) is 7.11 Å². The van der Waals surface area contributed by atoms with Crippen LogP contribution >= 0.6 is 0 Å². The van der Waals surface area contributed by atoms with E-state index in [-0.39, 0.29) is 5.56 Å². The molecule has 0 bridgehead atoms. The van der Waals surface area contributed by atoms with Gasteiger partial charge in [-0.05, 0) is 36.2 Å². The van der Waals surface area contributed by atoms with Crippen molar-refractivity contribution in [1.82, 2.24) is 0 Å². The number of methoxy groups -OCH3 is 1. The number of benzene rings is 2. The molecule has 0 aromatic heterocycles. The van der Waals surface area contributed by atoms with Gasteiger partial charge in [0.25, 0.3) is 0 Å². The number of ether oxygens (including phenoxy) is 1. The summed E-state index contributed by atoms with van der Waals surface area (Å²) in [6, 6.07) is 13.4. The summed E-state index contributed by atoms with van der Waals surface area (Å²) in [6.07, 6.45) is 0.870. The van der Waals surface area contributed by atoms with Crippen LogP contribution in [0.5, 0.6) is 5.75 Å². The molecule has 0 aliphatic heterocycles. The van der Waals surface area contributed by atoms with E-state index < -0.39 is 33.0 Å². The van der Waals surface area contributed by atoms with Gasteiger partial charge >= 0.3 is 0 Å². The summed E-state index contributed by atoms with van der Waals surface area (Å²) < 4.78 is 29.3. The van der Waals surface area contributed by atoms with Gasteiger partial charge in [-0.1, -0.05) is 31.2 Å². The van der Waals surface area contributed by atoms with Crippen molar-refractivity contribution >= 4 is 27.2 Å². The Labute approximate surface area is 153 Å². The monoisotopic (exact) mass is 375 g/mol. The van der Waals surface area contributed by atoms with Crippen molar-refractivity contribution in [2.24, 2.45) is 0 Å². The fourth-order valence-electron chi connectivity index (χ4n) is 2.35. The van der Waals surface area contributed by atoms with Crippen molar-refractivity contribution in [2.75, 3.05) is 23.9 Å². The second-order valence-corrected chi connectivity index (χ2v) is 7.85. The van der Waals surface area contributed by atoms with E-state index in [4.69, 9.17) is 4.74 Å². The molecule has 0 saturated heterocycles. The molecule has 0 unspecified atom stereocenters. The summed E-state index contributed by atoms with van der Waals surface area (Å²) in [4.78, 5) is 24.2. The maximum atomic E-state index is 12.2. The zero-order valence-electron chi connectivity index (χ0n) is 14.7. The summed E-state index contributed by atoms with van der Waals surface area (Å²) in [5, 5.41) is 2.53. The lowest BCUT2D eigenvalue weighted by Crippen LogP contribution is -2.27. The fraction of sp³-hybridized carbons (Fsp3) is 0.263. The van der Waals surface area contributed by atoms with E-state index in [0.29, 0.717) is 11.4 Å². The molecule has 0 atom stereocenters. The number of hydrogen-bond acceptors (Lipinski definition) is 5. The number of ketones is 1. The van der Waals surface area contributed by atoms with Crippen molar-refractivity contribution in [3.05, 3.63) is 59.7 Å². The highest BCUT2D eigenvalue weighted by Gasteiger charge is 2.22. The highest BCUT2D eigenvalue weighted by Crippen LogP contribution is 2.14. The van der Waals surface area contributed by atoms with E-state index in [9.17, 15) is 18.0 Å². The van der Waals surface area contributed by atoms with Crippen LogP contribution in [0.25, 0.3) is 0 Å². The number of amides is 1. The Morgan fingerprint density at radius 1 is 1.04 bits per heavy atom. The van der Waals surface area contributed by atoms with Crippen LogP contribution < -0.4 is 10.1 Å². The van der Waals surface area contributed by atoms with Crippen LogP contribution in [0.15, 0.2) is 48.5 Å². The second-order valence-electron chi connectivity index (χ2n) is 5.79. The summed E-state index contributed by atoms with van der Waals surface area (Å²) in [5.74, 6) is -2.28. The molecule has 2 rings (SSSR count).